The summed E-state index contributed by atoms with van der Waals surface area (Å²) >= 11 is 17.6. The predicted octanol–water partition coefficient (Wildman–Crippen LogP) is 4.94. The molecular weight excluding hydrogens is 421 g/mol. The zero-order chi connectivity index (χ0) is 19.3. The minimum Gasteiger partial charge on any atom is -0.462 e. The van der Waals surface area contributed by atoms with Crippen LogP contribution in [-0.2, 0) is 19.4 Å². The quantitative estimate of drug-likeness (QED) is 0.515. The van der Waals surface area contributed by atoms with Gasteiger partial charge < -0.3 is 10.1 Å². The van der Waals surface area contributed by atoms with E-state index >= 15 is 0 Å². The van der Waals surface area contributed by atoms with Crippen molar-refractivity contribution in [2.24, 2.45) is 0 Å². The Morgan fingerprint density at radius 1 is 1.08 bits per heavy atom. The second-order valence-corrected chi connectivity index (χ2v) is 8.13. The summed E-state index contributed by atoms with van der Waals surface area (Å²) in [6, 6.07) is 10.4. The number of halogens is 3. The summed E-state index contributed by atoms with van der Waals surface area (Å²) in [6.07, 6.45) is 1.06. The highest BCUT2D eigenvalue weighted by atomic mass is 35.5. The van der Waals surface area contributed by atoms with Crippen molar-refractivity contribution in [1.82, 2.24) is 0 Å². The zero-order valence-corrected chi connectivity index (χ0v) is 16.6. The first-order chi connectivity index (χ1) is 12.3. The smallest absolute Gasteiger partial charge is 0.351 e. The van der Waals surface area contributed by atoms with Crippen molar-refractivity contribution in [3.05, 3.63) is 68.6 Å². The van der Waals surface area contributed by atoms with E-state index in [9.17, 15) is 13.2 Å². The summed E-state index contributed by atoms with van der Waals surface area (Å²) in [5.74, 6) is -1.00. The number of anilines is 1. The number of carbonyl (C=O) groups is 1. The summed E-state index contributed by atoms with van der Waals surface area (Å²) < 4.78 is 30.7. The summed E-state index contributed by atoms with van der Waals surface area (Å²) in [5, 5.41) is 3.44. The Morgan fingerprint density at radius 3 is 2.27 bits per heavy atom. The molecule has 2 aromatic rings. The summed E-state index contributed by atoms with van der Waals surface area (Å²) in [7, 11) is -4.24. The van der Waals surface area contributed by atoms with Crippen LogP contribution in [0, 0.1) is 0 Å². The van der Waals surface area contributed by atoms with Crippen LogP contribution in [0.25, 0.3) is 0 Å². The van der Waals surface area contributed by atoms with Gasteiger partial charge in [0.1, 0.15) is 0 Å². The highest BCUT2D eigenvalue weighted by Gasteiger charge is 2.30. The molecule has 0 saturated heterocycles. The van der Waals surface area contributed by atoms with Gasteiger partial charge in [0.05, 0.1) is 16.5 Å². The van der Waals surface area contributed by atoms with Gasteiger partial charge in [-0.25, -0.2) is 13.2 Å². The van der Waals surface area contributed by atoms with Gasteiger partial charge in [-0.05, 0) is 49.4 Å². The molecule has 0 fully saturated rings. The van der Waals surface area contributed by atoms with Gasteiger partial charge in [-0.2, -0.15) is 0 Å². The van der Waals surface area contributed by atoms with E-state index in [4.69, 9.17) is 39.5 Å². The molecule has 5 nitrogen and oxygen atoms in total. The van der Waals surface area contributed by atoms with Gasteiger partial charge in [-0.15, -0.1) is 0 Å². The molecule has 0 atom stereocenters. The van der Waals surface area contributed by atoms with Gasteiger partial charge in [-0.3, -0.25) is 0 Å². The zero-order valence-electron chi connectivity index (χ0n) is 13.5. The first-order valence-electron chi connectivity index (χ1n) is 7.35. The fraction of sp³-hybridized carbons (Fsp3) is 0.118. The number of benzene rings is 2. The van der Waals surface area contributed by atoms with Crippen molar-refractivity contribution in [3.8, 4) is 0 Å². The highest BCUT2D eigenvalue weighted by Crippen LogP contribution is 2.30. The normalized spacial score (nSPS) is 11.9. The van der Waals surface area contributed by atoms with Crippen LogP contribution < -0.4 is 5.32 Å². The van der Waals surface area contributed by atoms with Crippen LogP contribution in [0.15, 0.2) is 58.5 Å². The van der Waals surface area contributed by atoms with E-state index < -0.39 is 20.7 Å². The number of nitrogens with one attached hydrogen (secondary N) is 1. The van der Waals surface area contributed by atoms with Crippen LogP contribution in [0.3, 0.4) is 0 Å². The van der Waals surface area contributed by atoms with Crippen molar-refractivity contribution < 1.29 is 17.9 Å². The standard InChI is InChI=1S/C17H14Cl3NO4S/c1-2-25-17(22)16(10-21-13-6-3-11(18)4-7-13)26(23,24)15-8-5-12(19)9-14(15)20/h3-10,21H,2H2,1H3/b16-10+. The molecule has 138 valence electrons. The van der Waals surface area contributed by atoms with Gasteiger partial charge in [0, 0.05) is 21.9 Å². The maximum Gasteiger partial charge on any atom is 0.351 e. The molecule has 26 heavy (non-hydrogen) atoms. The van der Waals surface area contributed by atoms with E-state index in [-0.39, 0.29) is 21.5 Å². The van der Waals surface area contributed by atoms with E-state index in [1.54, 1.807) is 31.2 Å². The van der Waals surface area contributed by atoms with Crippen LogP contribution in [0.1, 0.15) is 6.92 Å². The van der Waals surface area contributed by atoms with Crippen molar-refractivity contribution in [2.45, 2.75) is 11.8 Å². The van der Waals surface area contributed by atoms with E-state index in [1.807, 2.05) is 0 Å². The third kappa shape index (κ3) is 4.92. The van der Waals surface area contributed by atoms with Gasteiger partial charge in [0.15, 0.2) is 4.91 Å². The van der Waals surface area contributed by atoms with Crippen LogP contribution in [-0.4, -0.2) is 21.0 Å². The lowest BCUT2D eigenvalue weighted by Crippen LogP contribution is -2.18. The lowest BCUT2D eigenvalue weighted by molar-refractivity contribution is -0.137. The highest BCUT2D eigenvalue weighted by molar-refractivity contribution is 7.96. The molecule has 0 aliphatic heterocycles. The molecule has 0 bridgehead atoms. The monoisotopic (exact) mass is 433 g/mol. The number of sulfone groups is 1. The van der Waals surface area contributed by atoms with Gasteiger partial charge >= 0.3 is 5.97 Å². The molecule has 0 unspecified atom stereocenters. The number of hydrogen-bond acceptors (Lipinski definition) is 5. The molecule has 2 rings (SSSR count). The molecule has 0 amide bonds. The SMILES string of the molecule is CCOC(=O)/C(=C\Nc1ccc(Cl)cc1)S(=O)(=O)c1ccc(Cl)cc1Cl. The minimum absolute atomic E-state index is 0.0149. The number of ether oxygens (including phenoxy) is 1. The molecule has 0 heterocycles. The molecule has 0 saturated carbocycles. The maximum absolute atomic E-state index is 12.9. The maximum atomic E-state index is 12.9. The number of esters is 1. The van der Waals surface area contributed by atoms with Gasteiger partial charge in [-0.1, -0.05) is 34.8 Å². The molecule has 2 aromatic carbocycles. The van der Waals surface area contributed by atoms with Crippen molar-refractivity contribution in [2.75, 3.05) is 11.9 Å². The third-order valence-corrected chi connectivity index (χ3v) is 5.87. The van der Waals surface area contributed by atoms with Gasteiger partial charge in [0.25, 0.3) is 0 Å². The summed E-state index contributed by atoms with van der Waals surface area (Å²) in [4.78, 5) is 11.4. The van der Waals surface area contributed by atoms with E-state index in [2.05, 4.69) is 5.32 Å². The topological polar surface area (TPSA) is 72.5 Å². The molecule has 0 spiro atoms. The molecule has 0 aliphatic rings. The second-order valence-electron chi connectivity index (χ2n) is 4.96. The van der Waals surface area contributed by atoms with Crippen molar-refractivity contribution in [3.63, 3.8) is 0 Å². The molecule has 9 heteroatoms. The fourth-order valence-corrected chi connectivity index (χ4v) is 4.09. The van der Waals surface area contributed by atoms with E-state index in [1.165, 1.54) is 18.2 Å². The average Bonchev–Trinajstić information content (AvgIpc) is 2.56. The summed E-state index contributed by atoms with van der Waals surface area (Å²) in [5.41, 5.74) is 0.536. The molecular formula is C17H14Cl3NO4S. The predicted molar refractivity (Wildman–Crippen MR) is 103 cm³/mol. The first-order valence-corrected chi connectivity index (χ1v) is 9.97. The van der Waals surface area contributed by atoms with Crippen LogP contribution in [0.5, 0.6) is 0 Å². The lowest BCUT2D eigenvalue weighted by Gasteiger charge is -2.11. The Kier molecular flexibility index (Phi) is 6.94. The third-order valence-electron chi connectivity index (χ3n) is 3.16. The Balaban J connectivity index is 2.47. The van der Waals surface area contributed by atoms with E-state index in [0.29, 0.717) is 10.7 Å². The van der Waals surface area contributed by atoms with Crippen molar-refractivity contribution >= 4 is 56.3 Å². The molecule has 0 aliphatic carbocycles. The second kappa shape index (κ2) is 8.77. The summed E-state index contributed by atoms with van der Waals surface area (Å²) in [6.45, 7) is 1.59. The fourth-order valence-electron chi connectivity index (χ4n) is 1.96. The number of carbonyl (C=O) groups excluding carboxylic acids is 1. The van der Waals surface area contributed by atoms with E-state index in [0.717, 1.165) is 6.20 Å². The number of hydrogen-bond donors (Lipinski definition) is 1. The number of rotatable bonds is 6. The molecule has 1 N–H and O–H groups in total. The molecule has 0 radical (unpaired) electrons. The van der Waals surface area contributed by atoms with Crippen LogP contribution in [0.4, 0.5) is 5.69 Å². The minimum atomic E-state index is -4.24. The van der Waals surface area contributed by atoms with Gasteiger partial charge in [0.2, 0.25) is 9.84 Å². The Bertz CT molecular complexity index is 941. The van der Waals surface area contributed by atoms with Crippen LogP contribution >= 0.6 is 34.8 Å². The Hall–Kier alpha value is -1.73. The molecule has 0 aromatic heterocycles. The van der Waals surface area contributed by atoms with Crippen LogP contribution in [0.2, 0.25) is 15.1 Å². The first kappa shape index (κ1) is 20.6. The largest absolute Gasteiger partial charge is 0.462 e. The Morgan fingerprint density at radius 2 is 1.69 bits per heavy atom. The Labute approximate surface area is 166 Å². The average molecular weight is 435 g/mol. The lowest BCUT2D eigenvalue weighted by atomic mass is 10.3. The van der Waals surface area contributed by atoms with Crippen molar-refractivity contribution in [1.29, 1.82) is 0 Å².